The van der Waals surface area contributed by atoms with Crippen LogP contribution in [-0.2, 0) is 0 Å². The molecule has 0 saturated carbocycles. The first kappa shape index (κ1) is 22.1. The minimum Gasteiger partial charge on any atom is -0.352 e. The van der Waals surface area contributed by atoms with E-state index in [1.165, 1.54) is 5.56 Å². The smallest absolute Gasteiger partial charge is 0.170 e. The molecule has 0 radical (unpaired) electrons. The van der Waals surface area contributed by atoms with Gasteiger partial charge >= 0.3 is 0 Å². The monoisotopic (exact) mass is 472 g/mol. The molecule has 0 aliphatic carbocycles. The Balaban J connectivity index is 1.84. The van der Waals surface area contributed by atoms with Gasteiger partial charge in [-0.2, -0.15) is 0 Å². The minimum atomic E-state index is -0.0191. The minimum absolute atomic E-state index is 0.0191. The van der Waals surface area contributed by atoms with Gasteiger partial charge in [0.05, 0.1) is 33.5 Å². The Morgan fingerprint density at radius 3 is 2.65 bits per heavy atom. The third-order valence-electron chi connectivity index (χ3n) is 5.91. The average molecular weight is 473 g/mol. The molecule has 2 atom stereocenters. The van der Waals surface area contributed by atoms with Crippen LogP contribution in [0.5, 0.6) is 0 Å². The van der Waals surface area contributed by atoms with Crippen molar-refractivity contribution in [1.29, 1.82) is 0 Å². The van der Waals surface area contributed by atoms with Gasteiger partial charge < -0.3 is 14.8 Å². The zero-order valence-corrected chi connectivity index (χ0v) is 20.2. The van der Waals surface area contributed by atoms with Crippen LogP contribution in [0.4, 0.5) is 0 Å². The summed E-state index contributed by atoms with van der Waals surface area (Å²) in [4.78, 5) is 6.94. The Bertz CT molecular complexity index is 1100. The second kappa shape index (κ2) is 9.19. The Labute approximate surface area is 199 Å². The highest BCUT2D eigenvalue weighted by atomic mass is 35.5. The molecule has 0 spiro atoms. The predicted molar refractivity (Wildman–Crippen MR) is 132 cm³/mol. The van der Waals surface area contributed by atoms with Gasteiger partial charge in [-0.3, -0.25) is 4.98 Å². The summed E-state index contributed by atoms with van der Waals surface area (Å²) in [5, 5.41) is 5.42. The van der Waals surface area contributed by atoms with Crippen molar-refractivity contribution >= 4 is 40.5 Å². The number of benzene rings is 1. The molecule has 0 amide bonds. The largest absolute Gasteiger partial charge is 0.352 e. The van der Waals surface area contributed by atoms with Crippen LogP contribution < -0.4 is 5.32 Å². The standard InChI is InChI=1S/C24H26Cl2N4S/c1-4-5-13-29-23(22(28-24(29)31)19-10-6-7-12-27-19)17-14-15(2)30(16(17)3)20-11-8-9-18(25)21(20)26/h6-12,14,22-23H,4-5,13H2,1-3H3,(H,28,31). The summed E-state index contributed by atoms with van der Waals surface area (Å²) in [7, 11) is 0. The predicted octanol–water partition coefficient (Wildman–Crippen LogP) is 6.57. The maximum absolute atomic E-state index is 6.58. The molecule has 4 nitrogen and oxygen atoms in total. The fraction of sp³-hybridized carbons (Fsp3) is 0.333. The first-order chi connectivity index (χ1) is 14.9. The summed E-state index contributed by atoms with van der Waals surface area (Å²) in [5.74, 6) is 0. The summed E-state index contributed by atoms with van der Waals surface area (Å²) in [5.41, 5.74) is 5.32. The van der Waals surface area contributed by atoms with Crippen LogP contribution in [0, 0.1) is 13.8 Å². The third-order valence-corrected chi connectivity index (χ3v) is 7.07. The van der Waals surface area contributed by atoms with Gasteiger partial charge in [0.1, 0.15) is 0 Å². The molecule has 3 heterocycles. The average Bonchev–Trinajstić information content (AvgIpc) is 3.24. The number of pyridine rings is 1. The van der Waals surface area contributed by atoms with E-state index in [1.807, 2.05) is 36.5 Å². The van der Waals surface area contributed by atoms with E-state index in [4.69, 9.17) is 35.4 Å². The van der Waals surface area contributed by atoms with Crippen molar-refractivity contribution in [1.82, 2.24) is 19.8 Å². The highest BCUT2D eigenvalue weighted by Crippen LogP contribution is 2.42. The molecule has 4 rings (SSSR count). The SMILES string of the molecule is CCCCN1C(=S)NC(c2ccccn2)C1c1cc(C)n(-c2cccc(Cl)c2Cl)c1C. The molecule has 0 bridgehead atoms. The number of aromatic nitrogens is 2. The number of unbranched alkanes of at least 4 members (excludes halogenated alkanes) is 1. The molecule has 2 aromatic heterocycles. The Morgan fingerprint density at radius 1 is 1.13 bits per heavy atom. The van der Waals surface area contributed by atoms with Crippen molar-refractivity contribution in [3.05, 3.63) is 81.4 Å². The highest BCUT2D eigenvalue weighted by Gasteiger charge is 2.41. The second-order valence-corrected chi connectivity index (χ2v) is 9.08. The normalized spacial score (nSPS) is 18.5. The van der Waals surface area contributed by atoms with Crippen molar-refractivity contribution in [2.75, 3.05) is 6.54 Å². The number of hydrogen-bond acceptors (Lipinski definition) is 2. The van der Waals surface area contributed by atoms with Gasteiger partial charge in [0, 0.05) is 24.1 Å². The van der Waals surface area contributed by atoms with Gasteiger partial charge in [-0.15, -0.1) is 0 Å². The third kappa shape index (κ3) is 4.07. The molecule has 1 aliphatic heterocycles. The molecule has 7 heteroatoms. The Morgan fingerprint density at radius 2 is 1.94 bits per heavy atom. The number of aryl methyl sites for hydroxylation is 1. The van der Waals surface area contributed by atoms with E-state index >= 15 is 0 Å². The molecule has 1 aromatic carbocycles. The zero-order chi connectivity index (χ0) is 22.1. The molecule has 162 valence electrons. The number of rotatable bonds is 6. The lowest BCUT2D eigenvalue weighted by atomic mass is 9.96. The van der Waals surface area contributed by atoms with Crippen molar-refractivity contribution in [2.24, 2.45) is 0 Å². The number of nitrogens with zero attached hydrogens (tertiary/aromatic N) is 3. The van der Waals surface area contributed by atoms with Crippen LogP contribution in [0.1, 0.15) is 54.5 Å². The van der Waals surface area contributed by atoms with Gasteiger partial charge in [-0.1, -0.05) is 48.7 Å². The lowest BCUT2D eigenvalue weighted by Gasteiger charge is -2.28. The molecular weight excluding hydrogens is 447 g/mol. The van der Waals surface area contributed by atoms with Gasteiger partial charge in [-0.05, 0) is 68.4 Å². The van der Waals surface area contributed by atoms with Gasteiger partial charge in [-0.25, -0.2) is 0 Å². The molecule has 3 aromatic rings. The van der Waals surface area contributed by atoms with Crippen LogP contribution in [0.15, 0.2) is 48.7 Å². The van der Waals surface area contributed by atoms with E-state index in [1.54, 1.807) is 0 Å². The fourth-order valence-corrected chi connectivity index (χ4v) is 5.15. The molecular formula is C24H26Cl2N4S. The quantitative estimate of drug-likeness (QED) is 0.411. The van der Waals surface area contributed by atoms with Crippen LogP contribution in [0.2, 0.25) is 10.0 Å². The maximum atomic E-state index is 6.58. The molecule has 1 aliphatic rings. The van der Waals surface area contributed by atoms with E-state index in [-0.39, 0.29) is 12.1 Å². The summed E-state index contributed by atoms with van der Waals surface area (Å²) >= 11 is 18.7. The van der Waals surface area contributed by atoms with Crippen LogP contribution in [-0.4, -0.2) is 26.1 Å². The zero-order valence-electron chi connectivity index (χ0n) is 17.9. The summed E-state index contributed by atoms with van der Waals surface area (Å²) in [6.07, 6.45) is 4.02. The summed E-state index contributed by atoms with van der Waals surface area (Å²) in [6.45, 7) is 7.33. The number of hydrogen-bond donors (Lipinski definition) is 1. The van der Waals surface area contributed by atoms with E-state index in [0.717, 1.165) is 47.3 Å². The Hall–Kier alpha value is -2.08. The van der Waals surface area contributed by atoms with E-state index in [9.17, 15) is 0 Å². The van der Waals surface area contributed by atoms with Crippen LogP contribution in [0.25, 0.3) is 5.69 Å². The van der Waals surface area contributed by atoms with Gasteiger partial charge in [0.2, 0.25) is 0 Å². The summed E-state index contributed by atoms with van der Waals surface area (Å²) < 4.78 is 2.18. The summed E-state index contributed by atoms with van der Waals surface area (Å²) in [6, 6.07) is 14.0. The lowest BCUT2D eigenvalue weighted by molar-refractivity contribution is 0.312. The highest BCUT2D eigenvalue weighted by molar-refractivity contribution is 7.80. The number of nitrogens with one attached hydrogen (secondary N) is 1. The van der Waals surface area contributed by atoms with Crippen molar-refractivity contribution < 1.29 is 0 Å². The number of thiocarbonyl (C=S) groups is 1. The number of halogens is 2. The van der Waals surface area contributed by atoms with E-state index < -0.39 is 0 Å². The van der Waals surface area contributed by atoms with Gasteiger partial charge in [0.25, 0.3) is 0 Å². The second-order valence-electron chi connectivity index (χ2n) is 7.91. The lowest BCUT2D eigenvalue weighted by Crippen LogP contribution is -2.30. The topological polar surface area (TPSA) is 33.1 Å². The first-order valence-corrected chi connectivity index (χ1v) is 11.7. The van der Waals surface area contributed by atoms with Crippen molar-refractivity contribution in [2.45, 2.75) is 45.7 Å². The van der Waals surface area contributed by atoms with Crippen molar-refractivity contribution in [3.63, 3.8) is 0 Å². The van der Waals surface area contributed by atoms with Gasteiger partial charge in [0.15, 0.2) is 5.11 Å². The molecule has 1 saturated heterocycles. The molecule has 1 N–H and O–H groups in total. The maximum Gasteiger partial charge on any atom is 0.170 e. The molecule has 31 heavy (non-hydrogen) atoms. The van der Waals surface area contributed by atoms with Crippen molar-refractivity contribution in [3.8, 4) is 5.69 Å². The molecule has 1 fully saturated rings. The Kier molecular flexibility index (Phi) is 6.56. The first-order valence-electron chi connectivity index (χ1n) is 10.5. The van der Waals surface area contributed by atoms with E-state index in [2.05, 4.69) is 52.7 Å². The van der Waals surface area contributed by atoms with Crippen LogP contribution in [0.3, 0.4) is 0 Å². The van der Waals surface area contributed by atoms with Crippen LogP contribution >= 0.6 is 35.4 Å². The molecule has 2 unspecified atom stereocenters. The fourth-order valence-electron chi connectivity index (χ4n) is 4.44. The van der Waals surface area contributed by atoms with E-state index in [0.29, 0.717) is 10.0 Å².